The number of aliphatic hydroxyl groups excluding tert-OH is 4. The normalized spacial score (nSPS) is 18.9. The molecule has 4 atom stereocenters. The molecule has 8 nitrogen and oxygen atoms in total. The fraction of sp³-hybridized carbons (Fsp3) is 0.833. The predicted octanol–water partition coefficient (Wildman–Crippen LogP) is -2.06. The van der Waals surface area contributed by atoms with Gasteiger partial charge in [-0.2, -0.15) is 0 Å². The summed E-state index contributed by atoms with van der Waals surface area (Å²) in [5.74, 6) is 0. The molecule has 0 saturated carbocycles. The lowest BCUT2D eigenvalue weighted by atomic mass is 10.0. The van der Waals surface area contributed by atoms with Gasteiger partial charge in [0.1, 0.15) is 6.10 Å². The third-order valence-electron chi connectivity index (χ3n) is 1.61. The van der Waals surface area contributed by atoms with Crippen LogP contribution >= 0.6 is 0 Å². The van der Waals surface area contributed by atoms with E-state index in [9.17, 15) is 9.90 Å². The Kier molecular flexibility index (Phi) is 5.77. The van der Waals surface area contributed by atoms with Crippen LogP contribution < -0.4 is 0 Å². The van der Waals surface area contributed by atoms with Gasteiger partial charge in [-0.1, -0.05) is 5.11 Å². The summed E-state index contributed by atoms with van der Waals surface area (Å²) in [6.45, 7) is -0.758. The minimum atomic E-state index is -1.77. The summed E-state index contributed by atoms with van der Waals surface area (Å²) in [6, 6.07) is -1.47. The maximum absolute atomic E-state index is 10.1. The van der Waals surface area contributed by atoms with E-state index in [1.165, 1.54) is 0 Å². The molecule has 0 aliphatic heterocycles. The van der Waals surface area contributed by atoms with Crippen LogP contribution in [0.3, 0.4) is 0 Å². The lowest BCUT2D eigenvalue weighted by Crippen LogP contribution is -2.45. The van der Waals surface area contributed by atoms with Crippen molar-refractivity contribution in [2.75, 3.05) is 6.61 Å². The van der Waals surface area contributed by atoms with E-state index in [1.807, 2.05) is 0 Å². The van der Waals surface area contributed by atoms with Crippen molar-refractivity contribution in [1.29, 1.82) is 0 Å². The minimum Gasteiger partial charge on any atom is -0.394 e. The molecular formula is C6H11N3O5. The van der Waals surface area contributed by atoms with Crippen molar-refractivity contribution in [2.45, 2.75) is 24.4 Å². The zero-order chi connectivity index (χ0) is 11.1. The number of nitrogens with zero attached hydrogens (tertiary/aromatic N) is 3. The highest BCUT2D eigenvalue weighted by Crippen LogP contribution is 2.08. The summed E-state index contributed by atoms with van der Waals surface area (Å²) in [5.41, 5.74) is 8.07. The van der Waals surface area contributed by atoms with Crippen LogP contribution in [0.15, 0.2) is 5.11 Å². The van der Waals surface area contributed by atoms with E-state index in [4.69, 9.17) is 20.9 Å². The van der Waals surface area contributed by atoms with Crippen LogP contribution in [0.1, 0.15) is 0 Å². The van der Waals surface area contributed by atoms with E-state index in [0.29, 0.717) is 0 Å². The molecule has 0 bridgehead atoms. The number of rotatable bonds is 6. The maximum Gasteiger partial charge on any atom is 0.151 e. The highest BCUT2D eigenvalue weighted by atomic mass is 16.3. The van der Waals surface area contributed by atoms with Crippen molar-refractivity contribution in [3.05, 3.63) is 10.4 Å². The third-order valence-corrected chi connectivity index (χ3v) is 1.61. The fourth-order valence-electron chi connectivity index (χ4n) is 0.823. The Bertz CT molecular complexity index is 230. The van der Waals surface area contributed by atoms with Crippen molar-refractivity contribution in [3.8, 4) is 0 Å². The average molecular weight is 205 g/mol. The maximum atomic E-state index is 10.1. The molecule has 0 aliphatic rings. The zero-order valence-electron chi connectivity index (χ0n) is 7.13. The largest absolute Gasteiger partial charge is 0.394 e. The van der Waals surface area contributed by atoms with Crippen molar-refractivity contribution in [1.82, 2.24) is 0 Å². The quantitative estimate of drug-likeness (QED) is 0.170. The molecular weight excluding hydrogens is 194 g/mol. The van der Waals surface area contributed by atoms with Gasteiger partial charge in [-0.25, -0.2) is 0 Å². The van der Waals surface area contributed by atoms with Gasteiger partial charge in [0.25, 0.3) is 0 Å². The van der Waals surface area contributed by atoms with Gasteiger partial charge in [0.2, 0.25) is 0 Å². The Morgan fingerprint density at radius 2 is 2.00 bits per heavy atom. The molecule has 80 valence electrons. The van der Waals surface area contributed by atoms with Gasteiger partial charge in [0.15, 0.2) is 6.29 Å². The van der Waals surface area contributed by atoms with Crippen LogP contribution in [-0.2, 0) is 4.79 Å². The molecule has 0 fully saturated rings. The number of azide groups is 1. The molecule has 8 heteroatoms. The van der Waals surface area contributed by atoms with E-state index in [-0.39, 0.29) is 6.29 Å². The summed E-state index contributed by atoms with van der Waals surface area (Å²) >= 11 is 0. The Hall–Kier alpha value is -1.18. The minimum absolute atomic E-state index is 0.0364. The average Bonchev–Trinajstić information content (AvgIpc) is 2.22. The summed E-state index contributed by atoms with van der Waals surface area (Å²) in [7, 11) is 0. The molecule has 0 amide bonds. The molecule has 0 aromatic heterocycles. The van der Waals surface area contributed by atoms with Crippen molar-refractivity contribution in [2.24, 2.45) is 5.11 Å². The van der Waals surface area contributed by atoms with Gasteiger partial charge in [-0.05, 0) is 5.53 Å². The highest BCUT2D eigenvalue weighted by molar-refractivity contribution is 5.56. The van der Waals surface area contributed by atoms with Gasteiger partial charge in [0, 0.05) is 4.91 Å². The van der Waals surface area contributed by atoms with Crippen LogP contribution in [0.2, 0.25) is 0 Å². The summed E-state index contributed by atoms with van der Waals surface area (Å²) < 4.78 is 0. The van der Waals surface area contributed by atoms with Crippen molar-refractivity contribution >= 4 is 6.29 Å². The molecule has 14 heavy (non-hydrogen) atoms. The van der Waals surface area contributed by atoms with Gasteiger partial charge in [-0.15, -0.1) is 0 Å². The Morgan fingerprint density at radius 1 is 1.43 bits per heavy atom. The fourth-order valence-corrected chi connectivity index (χ4v) is 0.823. The van der Waals surface area contributed by atoms with Crippen LogP contribution in [0.4, 0.5) is 0 Å². The van der Waals surface area contributed by atoms with Gasteiger partial charge >= 0.3 is 0 Å². The van der Waals surface area contributed by atoms with Crippen LogP contribution in [0.5, 0.6) is 0 Å². The molecule has 0 rings (SSSR count). The SMILES string of the molecule is [N-]=[N+]=N[C@@H]([C@H](O)[C@@H](O)C=O)[C@H](O)CO. The summed E-state index contributed by atoms with van der Waals surface area (Å²) in [4.78, 5) is 12.4. The molecule has 0 radical (unpaired) electrons. The lowest BCUT2D eigenvalue weighted by molar-refractivity contribution is -0.122. The molecule has 4 N–H and O–H groups in total. The first kappa shape index (κ1) is 12.8. The second-order valence-electron chi connectivity index (χ2n) is 2.56. The van der Waals surface area contributed by atoms with E-state index < -0.39 is 31.0 Å². The standard InChI is InChI=1S/C6H11N3O5/c7-9-8-5(3(12)1-10)6(14)4(13)2-11/h2-6,10,12-14H,1H2/t3-,4+,5-,6-/m1/s1. The molecule has 0 aliphatic carbocycles. The first-order valence-corrected chi connectivity index (χ1v) is 3.73. The van der Waals surface area contributed by atoms with E-state index in [1.54, 1.807) is 0 Å². The van der Waals surface area contributed by atoms with Gasteiger partial charge < -0.3 is 25.2 Å². The number of hydrogen-bond acceptors (Lipinski definition) is 6. The lowest BCUT2D eigenvalue weighted by Gasteiger charge is -2.23. The van der Waals surface area contributed by atoms with Crippen LogP contribution in [-0.4, -0.2) is 57.7 Å². The smallest absolute Gasteiger partial charge is 0.151 e. The number of aldehydes is 1. The number of carbonyl (C=O) groups excluding carboxylic acids is 1. The Labute approximate surface area is 79.0 Å². The van der Waals surface area contributed by atoms with Gasteiger partial charge in [-0.3, -0.25) is 0 Å². The summed E-state index contributed by atoms with van der Waals surface area (Å²) in [5, 5.41) is 38.6. The first-order valence-electron chi connectivity index (χ1n) is 3.73. The molecule has 0 unspecified atom stereocenters. The zero-order valence-corrected chi connectivity index (χ0v) is 7.13. The molecule has 0 heterocycles. The van der Waals surface area contributed by atoms with Crippen LogP contribution in [0.25, 0.3) is 10.4 Å². The van der Waals surface area contributed by atoms with Gasteiger partial charge in [0.05, 0.1) is 24.9 Å². The third kappa shape index (κ3) is 3.29. The highest BCUT2D eigenvalue weighted by Gasteiger charge is 2.30. The number of hydrogen-bond donors (Lipinski definition) is 4. The van der Waals surface area contributed by atoms with E-state index in [0.717, 1.165) is 0 Å². The van der Waals surface area contributed by atoms with Crippen molar-refractivity contribution < 1.29 is 25.2 Å². The number of aliphatic hydroxyl groups is 4. The molecule has 0 spiro atoms. The second kappa shape index (κ2) is 6.30. The second-order valence-corrected chi connectivity index (χ2v) is 2.56. The Morgan fingerprint density at radius 3 is 2.36 bits per heavy atom. The van der Waals surface area contributed by atoms with E-state index in [2.05, 4.69) is 10.0 Å². The Balaban J connectivity index is 4.63. The molecule has 0 saturated heterocycles. The molecule has 0 aromatic carbocycles. The van der Waals surface area contributed by atoms with E-state index >= 15 is 0 Å². The predicted molar refractivity (Wildman–Crippen MR) is 44.1 cm³/mol. The number of carbonyl (C=O) groups is 1. The summed E-state index contributed by atoms with van der Waals surface area (Å²) in [6.07, 6.45) is -5.01. The topological polar surface area (TPSA) is 147 Å². The van der Waals surface area contributed by atoms with Crippen LogP contribution in [0, 0.1) is 0 Å². The first-order chi connectivity index (χ1) is 6.58. The molecule has 0 aromatic rings. The monoisotopic (exact) mass is 205 g/mol. The van der Waals surface area contributed by atoms with Crippen molar-refractivity contribution in [3.63, 3.8) is 0 Å².